The third-order valence-corrected chi connectivity index (χ3v) is 2.73. The van der Waals surface area contributed by atoms with Gasteiger partial charge >= 0.3 is 11.8 Å². The number of benzene rings is 1. The normalized spacial score (nSPS) is 10.3. The van der Waals surface area contributed by atoms with Crippen LogP contribution >= 0.6 is 11.6 Å². The van der Waals surface area contributed by atoms with Crippen LogP contribution in [0, 0.1) is 0 Å². The molecule has 1 aromatic carbocycles. The number of rotatable bonds is 5. The number of hydrogen-bond acceptors (Lipinski definition) is 3. The second-order valence-corrected chi connectivity index (χ2v) is 4.75. The minimum Gasteiger partial charge on any atom is -0.348 e. The van der Waals surface area contributed by atoms with Crippen molar-refractivity contribution >= 4 is 29.1 Å². The molecule has 0 aromatic heterocycles. The van der Waals surface area contributed by atoms with Crippen LogP contribution in [-0.2, 0) is 9.59 Å². The largest absolute Gasteiger partial charge is 0.348 e. The van der Waals surface area contributed by atoms with Crippen LogP contribution in [0.4, 0.5) is 5.69 Å². The van der Waals surface area contributed by atoms with E-state index >= 15 is 0 Å². The maximum absolute atomic E-state index is 11.6. The molecule has 0 bridgehead atoms. The van der Waals surface area contributed by atoms with Crippen molar-refractivity contribution in [3.63, 3.8) is 0 Å². The van der Waals surface area contributed by atoms with E-state index < -0.39 is 11.8 Å². The highest BCUT2D eigenvalue weighted by atomic mass is 35.5. The van der Waals surface area contributed by atoms with Crippen molar-refractivity contribution in [2.24, 2.45) is 0 Å². The molecule has 0 aliphatic heterocycles. The van der Waals surface area contributed by atoms with Crippen LogP contribution < -0.4 is 10.6 Å². The highest BCUT2D eigenvalue weighted by molar-refractivity contribution is 6.41. The van der Waals surface area contributed by atoms with E-state index in [0.717, 1.165) is 13.0 Å². The van der Waals surface area contributed by atoms with Crippen LogP contribution in [-0.4, -0.2) is 43.9 Å². The van der Waals surface area contributed by atoms with E-state index in [1.54, 1.807) is 24.3 Å². The van der Waals surface area contributed by atoms with Crippen molar-refractivity contribution in [3.8, 4) is 0 Å². The fraction of sp³-hybridized carbons (Fsp3) is 0.385. The Morgan fingerprint density at radius 2 is 1.89 bits per heavy atom. The van der Waals surface area contributed by atoms with Crippen molar-refractivity contribution in [1.82, 2.24) is 10.2 Å². The lowest BCUT2D eigenvalue weighted by molar-refractivity contribution is -0.136. The van der Waals surface area contributed by atoms with Crippen LogP contribution in [0.2, 0.25) is 5.02 Å². The van der Waals surface area contributed by atoms with Gasteiger partial charge in [0.2, 0.25) is 0 Å². The van der Waals surface area contributed by atoms with Crippen LogP contribution in [0.15, 0.2) is 24.3 Å². The average Bonchev–Trinajstić information content (AvgIpc) is 2.36. The molecular formula is C13H18ClN3O2. The molecule has 0 aliphatic rings. The molecule has 5 nitrogen and oxygen atoms in total. The summed E-state index contributed by atoms with van der Waals surface area (Å²) in [6.07, 6.45) is 0.790. The Kier molecular flexibility index (Phi) is 6.32. The molecule has 0 radical (unpaired) electrons. The summed E-state index contributed by atoms with van der Waals surface area (Å²) in [5, 5.41) is 5.42. The Morgan fingerprint density at radius 3 is 2.53 bits per heavy atom. The zero-order valence-electron chi connectivity index (χ0n) is 11.1. The van der Waals surface area contributed by atoms with Crippen molar-refractivity contribution in [3.05, 3.63) is 29.3 Å². The average molecular weight is 284 g/mol. The molecule has 0 saturated carbocycles. The second kappa shape index (κ2) is 7.76. The molecule has 1 rings (SSSR count). The Labute approximate surface area is 117 Å². The van der Waals surface area contributed by atoms with Crippen LogP contribution in [0.1, 0.15) is 6.42 Å². The van der Waals surface area contributed by atoms with Gasteiger partial charge < -0.3 is 15.5 Å². The molecule has 1 aromatic rings. The maximum atomic E-state index is 11.6. The van der Waals surface area contributed by atoms with Gasteiger partial charge in [0.15, 0.2) is 0 Å². The molecule has 0 spiro atoms. The fourth-order valence-corrected chi connectivity index (χ4v) is 1.60. The van der Waals surface area contributed by atoms with Gasteiger partial charge in [-0.05, 0) is 39.2 Å². The van der Waals surface area contributed by atoms with Crippen LogP contribution in [0.25, 0.3) is 0 Å². The molecule has 2 amide bonds. The minimum absolute atomic E-state index is 0.399. The van der Waals surface area contributed by atoms with Gasteiger partial charge in [-0.25, -0.2) is 0 Å². The quantitative estimate of drug-likeness (QED) is 0.633. The first-order valence-electron chi connectivity index (χ1n) is 5.99. The predicted octanol–water partition coefficient (Wildman–Crippen LogP) is 1.35. The van der Waals surface area contributed by atoms with E-state index in [2.05, 4.69) is 10.6 Å². The van der Waals surface area contributed by atoms with Gasteiger partial charge in [-0.1, -0.05) is 23.7 Å². The molecule has 0 saturated heterocycles. The monoisotopic (exact) mass is 283 g/mol. The Bertz CT molecular complexity index is 449. The number of para-hydroxylation sites is 1. The first-order valence-corrected chi connectivity index (χ1v) is 6.37. The zero-order chi connectivity index (χ0) is 14.3. The first kappa shape index (κ1) is 15.5. The molecule has 19 heavy (non-hydrogen) atoms. The summed E-state index contributed by atoms with van der Waals surface area (Å²) in [7, 11) is 3.90. The smallest absolute Gasteiger partial charge is 0.313 e. The van der Waals surface area contributed by atoms with E-state index in [9.17, 15) is 9.59 Å². The molecule has 0 heterocycles. The molecule has 0 atom stereocenters. The van der Waals surface area contributed by atoms with Crippen molar-refractivity contribution in [2.45, 2.75) is 6.42 Å². The van der Waals surface area contributed by atoms with Gasteiger partial charge in [0.1, 0.15) is 0 Å². The lowest BCUT2D eigenvalue weighted by atomic mass is 10.3. The maximum Gasteiger partial charge on any atom is 0.313 e. The number of nitrogens with one attached hydrogen (secondary N) is 2. The number of carbonyl (C=O) groups is 2. The standard InChI is InChI=1S/C13H18ClN3O2/c1-17(2)9-5-8-15-12(18)13(19)16-11-7-4-3-6-10(11)14/h3-4,6-7H,5,8-9H2,1-2H3,(H,15,18)(H,16,19). The van der Waals surface area contributed by atoms with Crippen molar-refractivity contribution in [2.75, 3.05) is 32.5 Å². The van der Waals surface area contributed by atoms with E-state index in [-0.39, 0.29) is 0 Å². The lowest BCUT2D eigenvalue weighted by Gasteiger charge is -2.10. The molecule has 104 valence electrons. The minimum atomic E-state index is -0.710. The van der Waals surface area contributed by atoms with Gasteiger partial charge in [-0.15, -0.1) is 0 Å². The summed E-state index contributed by atoms with van der Waals surface area (Å²) in [5.41, 5.74) is 0.428. The molecule has 2 N–H and O–H groups in total. The molecule has 0 aliphatic carbocycles. The van der Waals surface area contributed by atoms with Gasteiger partial charge in [0, 0.05) is 6.54 Å². The zero-order valence-corrected chi connectivity index (χ0v) is 11.8. The number of nitrogens with zero attached hydrogens (tertiary/aromatic N) is 1. The Balaban J connectivity index is 2.37. The molecule has 6 heteroatoms. The number of anilines is 1. The highest BCUT2D eigenvalue weighted by Gasteiger charge is 2.13. The van der Waals surface area contributed by atoms with Crippen molar-refractivity contribution < 1.29 is 9.59 Å². The van der Waals surface area contributed by atoms with Gasteiger partial charge in [-0.3, -0.25) is 9.59 Å². The van der Waals surface area contributed by atoms with E-state index in [4.69, 9.17) is 11.6 Å². The topological polar surface area (TPSA) is 61.4 Å². The number of carbonyl (C=O) groups excluding carboxylic acids is 2. The fourth-order valence-electron chi connectivity index (χ4n) is 1.42. The third kappa shape index (κ3) is 5.72. The molecule has 0 fully saturated rings. The van der Waals surface area contributed by atoms with Crippen LogP contribution in [0.5, 0.6) is 0 Å². The summed E-state index contributed by atoms with van der Waals surface area (Å²) in [6, 6.07) is 6.77. The summed E-state index contributed by atoms with van der Waals surface area (Å²) < 4.78 is 0. The summed E-state index contributed by atoms with van der Waals surface area (Å²) >= 11 is 5.88. The highest BCUT2D eigenvalue weighted by Crippen LogP contribution is 2.19. The SMILES string of the molecule is CN(C)CCCNC(=O)C(=O)Nc1ccccc1Cl. The van der Waals surface area contributed by atoms with E-state index in [1.165, 1.54) is 0 Å². The van der Waals surface area contributed by atoms with Gasteiger partial charge in [0.25, 0.3) is 0 Å². The van der Waals surface area contributed by atoms with E-state index in [0.29, 0.717) is 17.3 Å². The Morgan fingerprint density at radius 1 is 1.21 bits per heavy atom. The predicted molar refractivity (Wildman–Crippen MR) is 76.3 cm³/mol. The summed E-state index contributed by atoms with van der Waals surface area (Å²) in [6.45, 7) is 1.32. The van der Waals surface area contributed by atoms with Crippen molar-refractivity contribution in [1.29, 1.82) is 0 Å². The number of amides is 2. The van der Waals surface area contributed by atoms with Crippen LogP contribution in [0.3, 0.4) is 0 Å². The lowest BCUT2D eigenvalue weighted by Crippen LogP contribution is -2.36. The van der Waals surface area contributed by atoms with E-state index in [1.807, 2.05) is 19.0 Å². The molecular weight excluding hydrogens is 266 g/mol. The Hall–Kier alpha value is -1.59. The second-order valence-electron chi connectivity index (χ2n) is 4.35. The third-order valence-electron chi connectivity index (χ3n) is 2.40. The van der Waals surface area contributed by atoms with Gasteiger partial charge in [0.05, 0.1) is 10.7 Å². The number of hydrogen-bond donors (Lipinski definition) is 2. The number of halogens is 1. The molecule has 0 unspecified atom stereocenters. The first-order chi connectivity index (χ1) is 9.00. The van der Waals surface area contributed by atoms with Gasteiger partial charge in [-0.2, -0.15) is 0 Å². The summed E-state index contributed by atoms with van der Waals surface area (Å²) in [5.74, 6) is -1.36. The summed E-state index contributed by atoms with van der Waals surface area (Å²) in [4.78, 5) is 25.1.